The van der Waals surface area contributed by atoms with Gasteiger partial charge in [0.15, 0.2) is 0 Å². The van der Waals surface area contributed by atoms with Crippen LogP contribution in [0.25, 0.3) is 0 Å². The lowest BCUT2D eigenvalue weighted by Crippen LogP contribution is -2.49. The number of Topliss-reactive ketones (excluding diaryl/α,β-unsaturated/α-hetero) is 1. The van der Waals surface area contributed by atoms with E-state index < -0.39 is 6.04 Å². The summed E-state index contributed by atoms with van der Waals surface area (Å²) in [6, 6.07) is 9.89. The normalized spacial score (nSPS) is 30.0. The first-order valence-corrected chi connectivity index (χ1v) is 10.9. The van der Waals surface area contributed by atoms with Crippen LogP contribution in [0, 0.1) is 23.2 Å². The van der Waals surface area contributed by atoms with Crippen molar-refractivity contribution in [3.05, 3.63) is 35.4 Å². The van der Waals surface area contributed by atoms with E-state index in [1.54, 1.807) is 16.7 Å². The molecule has 1 aromatic rings. The van der Waals surface area contributed by atoms with Gasteiger partial charge < -0.3 is 10.2 Å². The molecule has 2 unspecified atom stereocenters. The maximum atomic E-state index is 13.0. The Morgan fingerprint density at radius 2 is 2.07 bits per heavy atom. The molecule has 5 nitrogen and oxygen atoms in total. The standard InChI is InChI=1S/C21H25N3O2S/c22-11-17-12-27-13-24(17)21(26)20-18(7-8-23-20)19(25)10-14-5-6-15-3-1-2-4-16(15)9-14/h1-4,14,17-18,20,23H,5-10,12-13H2/t14?,17-,18?,20-/m1/s1. The van der Waals surface area contributed by atoms with Crippen LogP contribution >= 0.6 is 11.8 Å². The number of amides is 1. The second-order valence-corrected chi connectivity index (χ2v) is 8.83. The molecule has 142 valence electrons. The molecule has 4 atom stereocenters. The molecule has 1 aliphatic carbocycles. The zero-order valence-electron chi connectivity index (χ0n) is 15.4. The minimum absolute atomic E-state index is 0.0728. The van der Waals surface area contributed by atoms with Gasteiger partial charge in [-0.05, 0) is 49.3 Å². The molecule has 2 aliphatic heterocycles. The van der Waals surface area contributed by atoms with Gasteiger partial charge >= 0.3 is 0 Å². The van der Waals surface area contributed by atoms with Gasteiger partial charge in [-0.1, -0.05) is 24.3 Å². The van der Waals surface area contributed by atoms with E-state index in [0.717, 1.165) is 25.7 Å². The topological polar surface area (TPSA) is 73.2 Å². The molecule has 3 aliphatic rings. The molecule has 27 heavy (non-hydrogen) atoms. The molecule has 1 aromatic carbocycles. The summed E-state index contributed by atoms with van der Waals surface area (Å²) in [7, 11) is 0. The fourth-order valence-corrected chi connectivity index (χ4v) is 5.73. The predicted octanol–water partition coefficient (Wildman–Crippen LogP) is 2.15. The number of nitriles is 1. The van der Waals surface area contributed by atoms with E-state index in [9.17, 15) is 14.9 Å². The van der Waals surface area contributed by atoms with Gasteiger partial charge in [0, 0.05) is 18.1 Å². The molecule has 0 saturated carbocycles. The fraction of sp³-hybridized carbons (Fsp3) is 0.571. The highest BCUT2D eigenvalue weighted by Crippen LogP contribution is 2.31. The van der Waals surface area contributed by atoms with Gasteiger partial charge in [0.25, 0.3) is 0 Å². The van der Waals surface area contributed by atoms with E-state index in [2.05, 4.69) is 35.7 Å². The molecule has 0 radical (unpaired) electrons. The molecule has 6 heteroatoms. The molecule has 1 N–H and O–H groups in total. The van der Waals surface area contributed by atoms with E-state index in [1.165, 1.54) is 11.1 Å². The first kappa shape index (κ1) is 18.5. The highest BCUT2D eigenvalue weighted by atomic mass is 32.2. The Kier molecular flexibility index (Phi) is 5.51. The largest absolute Gasteiger partial charge is 0.315 e. The van der Waals surface area contributed by atoms with Crippen LogP contribution in [0.4, 0.5) is 0 Å². The van der Waals surface area contributed by atoms with E-state index in [0.29, 0.717) is 30.5 Å². The fourth-order valence-electron chi connectivity index (χ4n) is 4.64. The zero-order valence-corrected chi connectivity index (χ0v) is 16.2. The maximum Gasteiger partial charge on any atom is 0.242 e. The molecule has 4 rings (SSSR count). The lowest BCUT2D eigenvalue weighted by molar-refractivity contribution is -0.137. The number of hydrogen-bond acceptors (Lipinski definition) is 5. The van der Waals surface area contributed by atoms with Crippen LogP contribution < -0.4 is 5.32 Å². The summed E-state index contributed by atoms with van der Waals surface area (Å²) in [6.45, 7) is 0.693. The van der Waals surface area contributed by atoms with Crippen molar-refractivity contribution in [2.45, 2.75) is 44.2 Å². The number of thioether (sulfide) groups is 1. The third kappa shape index (κ3) is 3.76. The van der Waals surface area contributed by atoms with Crippen molar-refractivity contribution in [2.24, 2.45) is 11.8 Å². The predicted molar refractivity (Wildman–Crippen MR) is 105 cm³/mol. The first-order valence-electron chi connectivity index (χ1n) is 9.78. The van der Waals surface area contributed by atoms with E-state index in [4.69, 9.17) is 0 Å². The number of nitrogens with one attached hydrogen (secondary N) is 1. The van der Waals surface area contributed by atoms with Gasteiger partial charge in [-0.25, -0.2) is 0 Å². The number of rotatable bonds is 4. The molecule has 2 heterocycles. The van der Waals surface area contributed by atoms with Crippen molar-refractivity contribution in [3.63, 3.8) is 0 Å². The smallest absolute Gasteiger partial charge is 0.242 e. The number of hydrogen-bond donors (Lipinski definition) is 1. The van der Waals surface area contributed by atoms with Crippen LogP contribution in [-0.2, 0) is 22.4 Å². The van der Waals surface area contributed by atoms with Gasteiger partial charge in [0.05, 0.1) is 18.0 Å². The van der Waals surface area contributed by atoms with Crippen molar-refractivity contribution in [2.75, 3.05) is 18.2 Å². The number of fused-ring (bicyclic) bond motifs is 1. The Hall–Kier alpha value is -1.84. The minimum Gasteiger partial charge on any atom is -0.315 e. The molecule has 1 amide bonds. The van der Waals surface area contributed by atoms with Crippen LogP contribution in [-0.4, -0.2) is 46.8 Å². The summed E-state index contributed by atoms with van der Waals surface area (Å²) in [5, 5.41) is 12.5. The average Bonchev–Trinajstić information content (AvgIpc) is 3.36. The summed E-state index contributed by atoms with van der Waals surface area (Å²) < 4.78 is 0. The van der Waals surface area contributed by atoms with Crippen LogP contribution in [0.5, 0.6) is 0 Å². The maximum absolute atomic E-state index is 13.0. The van der Waals surface area contributed by atoms with Crippen molar-refractivity contribution >= 4 is 23.5 Å². The number of nitrogens with zero attached hydrogens (tertiary/aromatic N) is 2. The van der Waals surface area contributed by atoms with E-state index in [-0.39, 0.29) is 23.7 Å². The molecule has 0 aromatic heterocycles. The van der Waals surface area contributed by atoms with E-state index >= 15 is 0 Å². The highest BCUT2D eigenvalue weighted by Gasteiger charge is 2.42. The first-order chi connectivity index (χ1) is 13.2. The molecule has 2 fully saturated rings. The quantitative estimate of drug-likeness (QED) is 0.862. The lowest BCUT2D eigenvalue weighted by Gasteiger charge is -2.28. The molecule has 2 saturated heterocycles. The Bertz CT molecular complexity index is 775. The second kappa shape index (κ2) is 8.04. The summed E-state index contributed by atoms with van der Waals surface area (Å²) in [6.07, 6.45) is 4.31. The third-order valence-corrected chi connectivity index (χ3v) is 7.17. The monoisotopic (exact) mass is 383 g/mol. The van der Waals surface area contributed by atoms with Crippen LogP contribution in [0.2, 0.25) is 0 Å². The second-order valence-electron chi connectivity index (χ2n) is 7.83. The van der Waals surface area contributed by atoms with Gasteiger partial charge in [0.1, 0.15) is 11.8 Å². The SMILES string of the molecule is N#C[C@@H]1CSCN1C(=O)[C@@H]1NCCC1C(=O)CC1CCc2ccccc2C1. The van der Waals surface area contributed by atoms with Crippen LogP contribution in [0.15, 0.2) is 24.3 Å². The number of carbonyl (C=O) groups excluding carboxylic acids is 2. The number of aryl methyl sites for hydroxylation is 1. The average molecular weight is 384 g/mol. The van der Waals surface area contributed by atoms with Gasteiger partial charge in [0.2, 0.25) is 5.91 Å². The highest BCUT2D eigenvalue weighted by molar-refractivity contribution is 7.99. The summed E-state index contributed by atoms with van der Waals surface area (Å²) in [5.41, 5.74) is 2.77. The minimum atomic E-state index is -0.456. The molecular weight excluding hydrogens is 358 g/mol. The van der Waals surface area contributed by atoms with Gasteiger partial charge in [-0.15, -0.1) is 11.8 Å². The van der Waals surface area contributed by atoms with Crippen LogP contribution in [0.1, 0.15) is 30.4 Å². The summed E-state index contributed by atoms with van der Waals surface area (Å²) in [4.78, 5) is 27.6. The Balaban J connectivity index is 1.40. The van der Waals surface area contributed by atoms with Crippen LogP contribution in [0.3, 0.4) is 0 Å². The zero-order chi connectivity index (χ0) is 18.8. The van der Waals surface area contributed by atoms with Crippen molar-refractivity contribution in [1.29, 1.82) is 5.26 Å². The van der Waals surface area contributed by atoms with Crippen molar-refractivity contribution < 1.29 is 9.59 Å². The summed E-state index contributed by atoms with van der Waals surface area (Å²) >= 11 is 1.60. The van der Waals surface area contributed by atoms with E-state index in [1.807, 2.05) is 0 Å². The summed E-state index contributed by atoms with van der Waals surface area (Å²) in [5.74, 6) is 1.47. The molecule has 0 bridgehead atoms. The van der Waals surface area contributed by atoms with Crippen molar-refractivity contribution in [1.82, 2.24) is 10.2 Å². The van der Waals surface area contributed by atoms with Gasteiger partial charge in [-0.3, -0.25) is 9.59 Å². The lowest BCUT2D eigenvalue weighted by atomic mass is 9.79. The Morgan fingerprint density at radius 3 is 2.89 bits per heavy atom. The number of benzene rings is 1. The number of carbonyl (C=O) groups is 2. The molecular formula is C21H25N3O2S. The molecule has 0 spiro atoms. The number of ketones is 1. The van der Waals surface area contributed by atoms with Crippen molar-refractivity contribution in [3.8, 4) is 6.07 Å². The third-order valence-electron chi connectivity index (χ3n) is 6.15. The Morgan fingerprint density at radius 1 is 1.26 bits per heavy atom. The Labute approximate surface area is 164 Å². The van der Waals surface area contributed by atoms with Gasteiger partial charge in [-0.2, -0.15) is 5.26 Å².